The van der Waals surface area contributed by atoms with Gasteiger partial charge in [-0.1, -0.05) is 54.8 Å². The molecule has 2 heterocycles. The summed E-state index contributed by atoms with van der Waals surface area (Å²) in [5.74, 6) is -1.24. The van der Waals surface area contributed by atoms with E-state index < -0.39 is 23.5 Å². The molecule has 0 saturated heterocycles. The molecule has 32 heavy (non-hydrogen) atoms. The first-order chi connectivity index (χ1) is 15.3. The number of carbonyl (C=O) groups excluding carboxylic acids is 2. The normalized spacial score (nSPS) is 16.3. The SMILES string of the molecule is CCCCN1C(=O)C(O)=C(C(=O)c2cc3cc(Cl)cc(OC)c3o2)C1c1cccc(C)c1. The van der Waals surface area contributed by atoms with Crippen molar-refractivity contribution in [2.45, 2.75) is 32.7 Å². The summed E-state index contributed by atoms with van der Waals surface area (Å²) < 4.78 is 11.1. The summed E-state index contributed by atoms with van der Waals surface area (Å²) in [6.07, 6.45) is 1.63. The highest BCUT2D eigenvalue weighted by Crippen LogP contribution is 2.41. The van der Waals surface area contributed by atoms with Gasteiger partial charge in [0, 0.05) is 23.0 Å². The molecule has 1 aliphatic heterocycles. The van der Waals surface area contributed by atoms with E-state index in [4.69, 9.17) is 20.8 Å². The van der Waals surface area contributed by atoms with Crippen molar-refractivity contribution in [3.63, 3.8) is 0 Å². The van der Waals surface area contributed by atoms with E-state index in [0.717, 1.165) is 24.0 Å². The first kappa shape index (κ1) is 22.0. The molecule has 4 rings (SSSR count). The number of ketones is 1. The Morgan fingerprint density at radius 2 is 2.03 bits per heavy atom. The molecule has 0 bridgehead atoms. The zero-order valence-electron chi connectivity index (χ0n) is 18.1. The quantitative estimate of drug-likeness (QED) is 0.458. The number of amides is 1. The van der Waals surface area contributed by atoms with Gasteiger partial charge in [-0.2, -0.15) is 0 Å². The van der Waals surface area contributed by atoms with E-state index in [0.29, 0.717) is 28.3 Å². The molecule has 3 aromatic rings. The first-order valence-electron chi connectivity index (χ1n) is 10.5. The molecule has 2 aromatic carbocycles. The van der Waals surface area contributed by atoms with Crippen molar-refractivity contribution in [1.29, 1.82) is 0 Å². The Kier molecular flexibility index (Phi) is 5.98. The van der Waals surface area contributed by atoms with Gasteiger partial charge in [0.1, 0.15) is 0 Å². The molecule has 1 atom stereocenters. The van der Waals surface area contributed by atoms with Crippen molar-refractivity contribution in [1.82, 2.24) is 4.90 Å². The van der Waals surface area contributed by atoms with E-state index in [1.807, 2.05) is 38.1 Å². The minimum absolute atomic E-state index is 0.00455. The number of fused-ring (bicyclic) bond motifs is 1. The van der Waals surface area contributed by atoms with Crippen molar-refractivity contribution in [2.75, 3.05) is 13.7 Å². The fourth-order valence-electron chi connectivity index (χ4n) is 4.11. The summed E-state index contributed by atoms with van der Waals surface area (Å²) in [5, 5.41) is 11.8. The molecule has 1 N–H and O–H groups in total. The second-order valence-corrected chi connectivity index (χ2v) is 8.33. The number of hydrogen-bond donors (Lipinski definition) is 1. The van der Waals surface area contributed by atoms with Crippen LogP contribution in [0.2, 0.25) is 5.02 Å². The third-order valence-corrected chi connectivity index (χ3v) is 5.87. The van der Waals surface area contributed by atoms with Crippen molar-refractivity contribution < 1.29 is 23.8 Å². The summed E-state index contributed by atoms with van der Waals surface area (Å²) >= 11 is 6.14. The van der Waals surface area contributed by atoms with Crippen LogP contribution in [0.1, 0.15) is 47.5 Å². The van der Waals surface area contributed by atoms with Crippen molar-refractivity contribution in [3.05, 3.63) is 75.7 Å². The van der Waals surface area contributed by atoms with Gasteiger partial charge in [-0.25, -0.2) is 0 Å². The highest BCUT2D eigenvalue weighted by molar-refractivity contribution is 6.31. The van der Waals surface area contributed by atoms with Crippen LogP contribution in [0.3, 0.4) is 0 Å². The number of hydrogen-bond acceptors (Lipinski definition) is 5. The van der Waals surface area contributed by atoms with E-state index in [-0.39, 0.29) is 11.3 Å². The average Bonchev–Trinajstić information content (AvgIpc) is 3.30. The van der Waals surface area contributed by atoms with E-state index in [9.17, 15) is 14.7 Å². The van der Waals surface area contributed by atoms with Crippen LogP contribution < -0.4 is 4.74 Å². The number of unbranched alkanes of at least 4 members (excludes halogenated alkanes) is 1. The molecule has 0 saturated carbocycles. The number of rotatable bonds is 7. The fourth-order valence-corrected chi connectivity index (χ4v) is 4.33. The molecule has 6 nitrogen and oxygen atoms in total. The molecular formula is C25H24ClNO5. The number of methoxy groups -OCH3 is 1. The highest BCUT2D eigenvalue weighted by Gasteiger charge is 2.44. The van der Waals surface area contributed by atoms with Gasteiger partial charge in [-0.05, 0) is 31.0 Å². The van der Waals surface area contributed by atoms with Crippen molar-refractivity contribution >= 4 is 34.3 Å². The number of benzene rings is 2. The summed E-state index contributed by atoms with van der Waals surface area (Å²) in [5.41, 5.74) is 2.14. The third-order valence-electron chi connectivity index (χ3n) is 5.65. The van der Waals surface area contributed by atoms with Gasteiger partial charge in [0.25, 0.3) is 5.91 Å². The monoisotopic (exact) mass is 453 g/mol. The maximum atomic E-state index is 13.6. The maximum absolute atomic E-state index is 13.6. The second kappa shape index (κ2) is 8.71. The Labute approximate surface area is 191 Å². The van der Waals surface area contributed by atoms with E-state index >= 15 is 0 Å². The van der Waals surface area contributed by atoms with Crippen LogP contribution in [-0.2, 0) is 4.79 Å². The van der Waals surface area contributed by atoms with Crippen LogP contribution in [0.15, 0.2) is 58.2 Å². The lowest BCUT2D eigenvalue weighted by molar-refractivity contribution is -0.129. The molecule has 0 radical (unpaired) electrons. The van der Waals surface area contributed by atoms with Gasteiger partial charge in [0.05, 0.1) is 18.7 Å². The van der Waals surface area contributed by atoms with Crippen LogP contribution in [0, 0.1) is 6.92 Å². The molecule has 7 heteroatoms. The van der Waals surface area contributed by atoms with Crippen LogP contribution in [0.4, 0.5) is 0 Å². The van der Waals surface area contributed by atoms with Crippen LogP contribution >= 0.6 is 11.6 Å². The molecule has 1 amide bonds. The minimum Gasteiger partial charge on any atom is -0.503 e. The molecule has 1 unspecified atom stereocenters. The Bertz CT molecular complexity index is 1240. The lowest BCUT2D eigenvalue weighted by Crippen LogP contribution is -2.32. The molecule has 0 aliphatic carbocycles. The third kappa shape index (κ3) is 3.75. The first-order valence-corrected chi connectivity index (χ1v) is 10.9. The Balaban J connectivity index is 1.83. The highest BCUT2D eigenvalue weighted by atomic mass is 35.5. The predicted octanol–water partition coefficient (Wildman–Crippen LogP) is 5.78. The largest absolute Gasteiger partial charge is 0.503 e. The molecule has 0 fully saturated rings. The Hall–Kier alpha value is -3.25. The zero-order valence-corrected chi connectivity index (χ0v) is 18.9. The van der Waals surface area contributed by atoms with E-state index in [1.165, 1.54) is 7.11 Å². The lowest BCUT2D eigenvalue weighted by atomic mass is 9.94. The predicted molar refractivity (Wildman–Crippen MR) is 122 cm³/mol. The second-order valence-electron chi connectivity index (χ2n) is 7.90. The summed E-state index contributed by atoms with van der Waals surface area (Å²) in [4.78, 5) is 28.1. The van der Waals surface area contributed by atoms with Crippen LogP contribution in [0.5, 0.6) is 5.75 Å². The molecule has 1 aromatic heterocycles. The molecule has 0 spiro atoms. The number of ether oxygens (including phenoxy) is 1. The van der Waals surface area contributed by atoms with Gasteiger partial charge in [-0.3, -0.25) is 9.59 Å². The Morgan fingerprint density at radius 3 is 2.72 bits per heavy atom. The number of Topliss-reactive ketones (excluding diaryl/α,β-unsaturated/α-hetero) is 1. The maximum Gasteiger partial charge on any atom is 0.290 e. The minimum atomic E-state index is -0.694. The van der Waals surface area contributed by atoms with Crippen molar-refractivity contribution in [2.24, 2.45) is 0 Å². The number of nitrogens with zero attached hydrogens (tertiary/aromatic N) is 1. The van der Waals surface area contributed by atoms with Crippen LogP contribution in [0.25, 0.3) is 11.0 Å². The van der Waals surface area contributed by atoms with Gasteiger partial charge in [0.2, 0.25) is 5.78 Å². The Morgan fingerprint density at radius 1 is 1.25 bits per heavy atom. The smallest absolute Gasteiger partial charge is 0.290 e. The number of furan rings is 1. The number of halogens is 1. The van der Waals surface area contributed by atoms with E-state index in [1.54, 1.807) is 23.1 Å². The van der Waals surface area contributed by atoms with Gasteiger partial charge < -0.3 is 19.2 Å². The molecule has 166 valence electrons. The fraction of sp³-hybridized carbons (Fsp3) is 0.280. The topological polar surface area (TPSA) is 80.0 Å². The van der Waals surface area contributed by atoms with Crippen LogP contribution in [-0.4, -0.2) is 35.4 Å². The summed E-state index contributed by atoms with van der Waals surface area (Å²) in [7, 11) is 1.48. The van der Waals surface area contributed by atoms with Crippen molar-refractivity contribution in [3.8, 4) is 5.75 Å². The number of aliphatic hydroxyl groups excluding tert-OH is 1. The number of carbonyl (C=O) groups is 2. The van der Waals surface area contributed by atoms with Gasteiger partial charge in [0.15, 0.2) is 22.9 Å². The lowest BCUT2D eigenvalue weighted by Gasteiger charge is -2.26. The van der Waals surface area contributed by atoms with Gasteiger partial charge >= 0.3 is 0 Å². The summed E-state index contributed by atoms with van der Waals surface area (Å²) in [6.45, 7) is 4.39. The summed E-state index contributed by atoms with van der Waals surface area (Å²) in [6, 6.07) is 11.7. The standard InChI is InChI=1S/C25H24ClNO5/c1-4-5-9-27-21(15-8-6-7-14(2)10-15)20(23(29)25(27)30)22(28)18-12-16-11-17(26)13-19(31-3)24(16)32-18/h6-8,10-13,21,29H,4-5,9H2,1-3H3. The number of aliphatic hydroxyl groups is 1. The van der Waals surface area contributed by atoms with Gasteiger partial charge in [-0.15, -0.1) is 0 Å². The molecule has 1 aliphatic rings. The molecular weight excluding hydrogens is 430 g/mol. The zero-order chi connectivity index (χ0) is 23.0. The average molecular weight is 454 g/mol. The number of aryl methyl sites for hydroxylation is 1. The van der Waals surface area contributed by atoms with E-state index in [2.05, 4.69) is 0 Å².